The Balaban J connectivity index is 1.98. The molecule has 1 aromatic carbocycles. The van der Waals surface area contributed by atoms with Gasteiger partial charge in [-0.1, -0.05) is 0 Å². The van der Waals surface area contributed by atoms with Crippen molar-refractivity contribution in [3.05, 3.63) is 50.9 Å². The molecule has 0 saturated carbocycles. The van der Waals surface area contributed by atoms with Crippen molar-refractivity contribution in [2.75, 3.05) is 0 Å². The first kappa shape index (κ1) is 18.4. The summed E-state index contributed by atoms with van der Waals surface area (Å²) < 4.78 is 1.90. The van der Waals surface area contributed by atoms with Crippen LogP contribution in [0.3, 0.4) is 0 Å². The quantitative estimate of drug-likeness (QED) is 0.516. The summed E-state index contributed by atoms with van der Waals surface area (Å²) in [5, 5.41) is 9.42. The second kappa shape index (κ2) is 6.74. The van der Waals surface area contributed by atoms with Gasteiger partial charge in [-0.15, -0.1) is 0 Å². The number of hydrogen-bond donors (Lipinski definition) is 0. The summed E-state index contributed by atoms with van der Waals surface area (Å²) in [5.41, 5.74) is 5.49. The average molecular weight is 374 g/mol. The molecule has 0 aromatic heterocycles. The molecule has 0 bridgehead atoms. The average Bonchev–Trinajstić information content (AvgIpc) is 2.80. The predicted molar refractivity (Wildman–Crippen MR) is 108 cm³/mol. The molecule has 1 aromatic rings. The van der Waals surface area contributed by atoms with E-state index in [-0.39, 0.29) is 0 Å². The van der Waals surface area contributed by atoms with E-state index >= 15 is 0 Å². The first-order valence-electron chi connectivity index (χ1n) is 9.71. The SMILES string of the molecule is CC1=[C]([Ti]([CH3])([CH3])[CH3])C2=C(CCCC2)C1C[Si](C)(C)c1ccccc1. The minimum absolute atomic E-state index is 0.766. The van der Waals surface area contributed by atoms with Crippen molar-refractivity contribution >= 4 is 13.3 Å². The van der Waals surface area contributed by atoms with Gasteiger partial charge in [0, 0.05) is 0 Å². The third-order valence-electron chi connectivity index (χ3n) is 6.17. The standard InChI is InChI=1S/C19H25Si.3CH3.Ti/c1-15-13-16-9-7-8-12-18(16)19(15)14-20(2,3)17-10-5-4-6-11-17;;;;/h4-6,10-11,19H,7-9,12,14H2,1-3H3;3*1H3;. The molecule has 1 unspecified atom stereocenters. The van der Waals surface area contributed by atoms with Gasteiger partial charge in [0.1, 0.15) is 0 Å². The Labute approximate surface area is 153 Å². The molecule has 0 heterocycles. The molecule has 0 nitrogen and oxygen atoms in total. The Kier molecular flexibility index (Phi) is 5.18. The van der Waals surface area contributed by atoms with Gasteiger partial charge in [0.2, 0.25) is 0 Å². The Morgan fingerprint density at radius 1 is 1.00 bits per heavy atom. The van der Waals surface area contributed by atoms with E-state index in [1.807, 2.05) is 15.0 Å². The van der Waals surface area contributed by atoms with Gasteiger partial charge in [0.05, 0.1) is 0 Å². The molecular formula is C22H34SiTi. The van der Waals surface area contributed by atoms with Crippen molar-refractivity contribution in [1.29, 1.82) is 0 Å². The first-order chi connectivity index (χ1) is 11.2. The summed E-state index contributed by atoms with van der Waals surface area (Å²) in [6.45, 7) is 7.65. The van der Waals surface area contributed by atoms with Crippen molar-refractivity contribution in [3.8, 4) is 0 Å². The van der Waals surface area contributed by atoms with Crippen LogP contribution in [0.5, 0.6) is 0 Å². The third-order valence-corrected chi connectivity index (χ3v) is 12.9. The molecule has 2 aliphatic carbocycles. The Bertz CT molecular complexity index is 674. The van der Waals surface area contributed by atoms with Gasteiger partial charge in [-0.25, -0.2) is 0 Å². The molecule has 24 heavy (non-hydrogen) atoms. The zero-order valence-electron chi connectivity index (χ0n) is 16.5. The number of allylic oxidation sites excluding steroid dienone is 4. The Morgan fingerprint density at radius 3 is 2.25 bits per heavy atom. The molecule has 2 aliphatic rings. The van der Waals surface area contributed by atoms with Crippen molar-refractivity contribution < 1.29 is 16.6 Å². The van der Waals surface area contributed by atoms with Crippen LogP contribution < -0.4 is 5.19 Å². The van der Waals surface area contributed by atoms with E-state index in [1.165, 1.54) is 31.7 Å². The zero-order chi connectivity index (χ0) is 17.5. The van der Waals surface area contributed by atoms with E-state index in [0.29, 0.717) is 0 Å². The van der Waals surface area contributed by atoms with Crippen molar-refractivity contribution in [2.45, 2.75) is 67.4 Å². The molecule has 130 valence electrons. The molecule has 2 heteroatoms. The minimum atomic E-state index is -1.79. The zero-order valence-corrected chi connectivity index (χ0v) is 19.1. The van der Waals surface area contributed by atoms with Gasteiger partial charge in [0.25, 0.3) is 0 Å². The van der Waals surface area contributed by atoms with Crippen LogP contribution in [0.25, 0.3) is 0 Å². The molecule has 0 saturated heterocycles. The molecule has 3 rings (SSSR count). The van der Waals surface area contributed by atoms with E-state index in [0.717, 1.165) is 5.92 Å². The van der Waals surface area contributed by atoms with Gasteiger partial charge in [0.15, 0.2) is 0 Å². The maximum absolute atomic E-state index is 2.60. The Morgan fingerprint density at radius 2 is 1.62 bits per heavy atom. The molecule has 0 radical (unpaired) electrons. The summed E-state index contributed by atoms with van der Waals surface area (Å²) in [4.78, 5) is 0. The van der Waals surface area contributed by atoms with Gasteiger partial charge in [-0.05, 0) is 0 Å². The topological polar surface area (TPSA) is 0 Å². The van der Waals surface area contributed by atoms with Crippen molar-refractivity contribution in [3.63, 3.8) is 0 Å². The molecule has 0 amide bonds. The summed E-state index contributed by atoms with van der Waals surface area (Å²) in [5.74, 6) is 0.766. The summed E-state index contributed by atoms with van der Waals surface area (Å²) >= 11 is -1.79. The maximum atomic E-state index is 2.60. The first-order valence-corrected chi connectivity index (χ1v) is 18.4. The Hall–Kier alpha value is -0.369. The van der Waals surface area contributed by atoms with Gasteiger partial charge in [-0.2, -0.15) is 0 Å². The number of benzene rings is 1. The normalized spacial score (nSPS) is 22.2. The number of hydrogen-bond acceptors (Lipinski definition) is 0. The second-order valence-electron chi connectivity index (χ2n) is 9.53. The summed E-state index contributed by atoms with van der Waals surface area (Å²) in [6, 6.07) is 12.8. The van der Waals surface area contributed by atoms with E-state index in [9.17, 15) is 0 Å². The van der Waals surface area contributed by atoms with Gasteiger partial charge < -0.3 is 0 Å². The summed E-state index contributed by atoms with van der Waals surface area (Å²) in [6.07, 6.45) is 5.58. The van der Waals surface area contributed by atoms with Crippen molar-refractivity contribution in [2.24, 2.45) is 5.92 Å². The van der Waals surface area contributed by atoms with Crippen LogP contribution in [0.2, 0.25) is 34.8 Å². The van der Waals surface area contributed by atoms with Crippen molar-refractivity contribution in [1.82, 2.24) is 0 Å². The van der Waals surface area contributed by atoms with E-state index < -0.39 is 24.7 Å². The second-order valence-corrected chi connectivity index (χ2v) is 22.1. The fraction of sp³-hybridized carbons (Fsp3) is 0.545. The van der Waals surface area contributed by atoms with Gasteiger partial charge in [-0.3, -0.25) is 0 Å². The monoisotopic (exact) mass is 374 g/mol. The van der Waals surface area contributed by atoms with E-state index in [1.54, 1.807) is 10.8 Å². The van der Waals surface area contributed by atoms with Gasteiger partial charge >= 0.3 is 154 Å². The summed E-state index contributed by atoms with van der Waals surface area (Å²) in [7, 11) is -1.40. The van der Waals surface area contributed by atoms with Crippen LogP contribution in [-0.2, 0) is 16.6 Å². The molecule has 0 N–H and O–H groups in total. The van der Waals surface area contributed by atoms with E-state index in [4.69, 9.17) is 0 Å². The fourth-order valence-electron chi connectivity index (χ4n) is 5.11. The van der Waals surface area contributed by atoms with Crippen LogP contribution >= 0.6 is 0 Å². The molecule has 0 aliphatic heterocycles. The molecular weight excluding hydrogens is 340 g/mol. The van der Waals surface area contributed by atoms with E-state index in [2.05, 4.69) is 66.0 Å². The molecule has 0 fully saturated rings. The van der Waals surface area contributed by atoms with Crippen LogP contribution in [-0.4, -0.2) is 8.07 Å². The predicted octanol–water partition coefficient (Wildman–Crippen LogP) is 6.67. The third kappa shape index (κ3) is 3.45. The molecule has 1 atom stereocenters. The number of rotatable bonds is 4. The fourth-order valence-corrected chi connectivity index (χ4v) is 12.0. The van der Waals surface area contributed by atoms with Crippen LogP contribution in [0.15, 0.2) is 50.9 Å². The van der Waals surface area contributed by atoms with Crippen LogP contribution in [0, 0.1) is 5.92 Å². The van der Waals surface area contributed by atoms with Crippen LogP contribution in [0.1, 0.15) is 32.6 Å². The van der Waals surface area contributed by atoms with Crippen LogP contribution in [0.4, 0.5) is 0 Å². The molecule has 0 spiro atoms.